The van der Waals surface area contributed by atoms with Crippen molar-refractivity contribution in [3.63, 3.8) is 0 Å². The zero-order chi connectivity index (χ0) is 19.3. The molecule has 0 aliphatic heterocycles. The Kier molecular flexibility index (Phi) is 3.76. The third-order valence-electron chi connectivity index (χ3n) is 5.58. The molecule has 3 nitrogen and oxygen atoms in total. The second kappa shape index (κ2) is 6.31. The van der Waals surface area contributed by atoms with Gasteiger partial charge in [-0.1, -0.05) is 36.4 Å². The van der Waals surface area contributed by atoms with Crippen LogP contribution in [0.4, 0.5) is 0 Å². The van der Waals surface area contributed by atoms with E-state index >= 15 is 0 Å². The summed E-state index contributed by atoms with van der Waals surface area (Å²) in [4.78, 5) is 4.86. The van der Waals surface area contributed by atoms with Crippen molar-refractivity contribution >= 4 is 44.9 Å². The van der Waals surface area contributed by atoms with Gasteiger partial charge < -0.3 is 4.57 Å². The topological polar surface area (TPSA) is 21.7 Å². The molecule has 0 spiro atoms. The minimum Gasteiger partial charge on any atom is -0.342 e. The zero-order valence-corrected chi connectivity index (χ0v) is 16.3. The fraction of sp³-hybridized carbons (Fsp3) is 0.120. The molecule has 3 heterocycles. The van der Waals surface area contributed by atoms with Crippen molar-refractivity contribution in [3.05, 3.63) is 83.8 Å². The van der Waals surface area contributed by atoms with Crippen molar-refractivity contribution in [1.29, 1.82) is 0 Å². The summed E-state index contributed by atoms with van der Waals surface area (Å²) < 4.78 is 4.39. The lowest BCUT2D eigenvalue weighted by molar-refractivity contribution is -0.644. The van der Waals surface area contributed by atoms with Crippen LogP contribution in [0.1, 0.15) is 17.0 Å². The van der Waals surface area contributed by atoms with Crippen LogP contribution in [0.25, 0.3) is 44.9 Å². The van der Waals surface area contributed by atoms with Gasteiger partial charge in [0.1, 0.15) is 7.05 Å². The van der Waals surface area contributed by atoms with Gasteiger partial charge in [-0.05, 0) is 36.8 Å². The monoisotopic (exact) mass is 364 g/mol. The Morgan fingerprint density at radius 1 is 0.893 bits per heavy atom. The molecule has 0 fully saturated rings. The number of fused-ring (bicyclic) bond motifs is 4. The molecule has 3 aromatic heterocycles. The van der Waals surface area contributed by atoms with Gasteiger partial charge in [0.05, 0.1) is 22.3 Å². The van der Waals surface area contributed by atoms with Gasteiger partial charge in [0.2, 0.25) is 5.52 Å². The number of para-hydroxylation sites is 2. The number of hydrogen-bond acceptors (Lipinski definition) is 1. The summed E-state index contributed by atoms with van der Waals surface area (Å²) in [5, 5.41) is 3.78. The number of hydrogen-bond donors (Lipinski definition) is 0. The fourth-order valence-corrected chi connectivity index (χ4v) is 4.23. The van der Waals surface area contributed by atoms with E-state index in [1.165, 1.54) is 38.3 Å². The van der Waals surface area contributed by atoms with E-state index in [-0.39, 0.29) is 0 Å². The first-order chi connectivity index (χ1) is 13.6. The van der Waals surface area contributed by atoms with E-state index in [9.17, 15) is 0 Å². The molecule has 0 bridgehead atoms. The number of nitrogens with zero attached hydrogens (tertiary/aromatic N) is 3. The highest BCUT2D eigenvalue weighted by Crippen LogP contribution is 2.30. The summed E-state index contributed by atoms with van der Waals surface area (Å²) in [6.07, 6.45) is 6.39. The summed E-state index contributed by atoms with van der Waals surface area (Å²) in [6, 6.07) is 21.4. The number of rotatable bonds is 2. The van der Waals surface area contributed by atoms with Crippen LogP contribution in [0, 0.1) is 6.92 Å². The average Bonchev–Trinajstić information content (AvgIpc) is 3.01. The Hall–Kier alpha value is -3.46. The predicted molar refractivity (Wildman–Crippen MR) is 117 cm³/mol. The molecule has 0 saturated carbocycles. The average molecular weight is 364 g/mol. The molecule has 0 amide bonds. The first-order valence-electron chi connectivity index (χ1n) is 9.54. The summed E-state index contributed by atoms with van der Waals surface area (Å²) in [6.45, 7) is 2.09. The van der Waals surface area contributed by atoms with Gasteiger partial charge in [0, 0.05) is 35.5 Å². The van der Waals surface area contributed by atoms with E-state index < -0.39 is 0 Å². The van der Waals surface area contributed by atoms with Crippen molar-refractivity contribution in [2.45, 2.75) is 6.92 Å². The predicted octanol–water partition coefficient (Wildman–Crippen LogP) is 5.18. The minimum atomic E-state index is 0.985. The smallest absolute Gasteiger partial charge is 0.212 e. The molecule has 2 aromatic carbocycles. The fourth-order valence-electron chi connectivity index (χ4n) is 4.23. The molecule has 3 heteroatoms. The number of aryl methyl sites for hydroxylation is 3. The second-order valence-electron chi connectivity index (χ2n) is 7.34. The summed E-state index contributed by atoms with van der Waals surface area (Å²) in [5.74, 6) is 0. The van der Waals surface area contributed by atoms with E-state index in [2.05, 4.69) is 109 Å². The van der Waals surface area contributed by atoms with Gasteiger partial charge in [0.25, 0.3) is 0 Å². The Balaban J connectivity index is 1.67. The molecule has 5 rings (SSSR count). The SMILES string of the molecule is Cc1nc(/C=C/c2cc[n+](C)c3ccccc23)cc2c3ccccc3n(C)c12. The largest absolute Gasteiger partial charge is 0.342 e. The van der Waals surface area contributed by atoms with Crippen molar-refractivity contribution in [2.75, 3.05) is 0 Å². The highest BCUT2D eigenvalue weighted by atomic mass is 15.0. The Morgan fingerprint density at radius 2 is 1.64 bits per heavy atom. The van der Waals surface area contributed by atoms with Crippen LogP contribution < -0.4 is 4.57 Å². The number of benzene rings is 2. The number of aromatic nitrogens is 3. The van der Waals surface area contributed by atoms with Crippen molar-refractivity contribution in [3.8, 4) is 0 Å². The molecule has 136 valence electrons. The van der Waals surface area contributed by atoms with Gasteiger partial charge in [-0.15, -0.1) is 0 Å². The summed E-state index contributed by atoms with van der Waals surface area (Å²) in [7, 11) is 4.19. The van der Waals surface area contributed by atoms with E-state index in [0.29, 0.717) is 0 Å². The molecule has 0 radical (unpaired) electrons. The van der Waals surface area contributed by atoms with Crippen LogP contribution in [-0.4, -0.2) is 9.55 Å². The maximum Gasteiger partial charge on any atom is 0.212 e. The quantitative estimate of drug-likeness (QED) is 0.395. The van der Waals surface area contributed by atoms with Crippen molar-refractivity contribution < 1.29 is 4.57 Å². The molecule has 0 aliphatic rings. The lowest BCUT2D eigenvalue weighted by Gasteiger charge is -2.04. The van der Waals surface area contributed by atoms with E-state index in [4.69, 9.17) is 4.98 Å². The molecular weight excluding hydrogens is 342 g/mol. The van der Waals surface area contributed by atoms with Crippen LogP contribution in [0.5, 0.6) is 0 Å². The van der Waals surface area contributed by atoms with Gasteiger partial charge in [-0.2, -0.15) is 0 Å². The second-order valence-corrected chi connectivity index (χ2v) is 7.34. The highest BCUT2D eigenvalue weighted by molar-refractivity contribution is 6.09. The molecule has 0 saturated heterocycles. The summed E-state index contributed by atoms with van der Waals surface area (Å²) >= 11 is 0. The van der Waals surface area contributed by atoms with Crippen LogP contribution >= 0.6 is 0 Å². The van der Waals surface area contributed by atoms with Crippen LogP contribution in [0.3, 0.4) is 0 Å². The zero-order valence-electron chi connectivity index (χ0n) is 16.3. The molecule has 0 unspecified atom stereocenters. The van der Waals surface area contributed by atoms with E-state index in [1.807, 2.05) is 0 Å². The molecule has 28 heavy (non-hydrogen) atoms. The van der Waals surface area contributed by atoms with Gasteiger partial charge in [-0.25, -0.2) is 4.57 Å². The molecule has 0 atom stereocenters. The van der Waals surface area contributed by atoms with Gasteiger partial charge in [0.15, 0.2) is 6.20 Å². The first kappa shape index (κ1) is 16.7. The van der Waals surface area contributed by atoms with Crippen molar-refractivity contribution in [2.24, 2.45) is 14.1 Å². The Labute approximate surface area is 164 Å². The summed E-state index contributed by atoms with van der Waals surface area (Å²) in [5.41, 5.74) is 6.91. The molecular formula is C25H22N3+. The molecule has 0 N–H and O–H groups in total. The first-order valence-corrected chi connectivity index (χ1v) is 9.54. The standard InChI is InChI=1S/C25H22N3/c1-17-25-22(21-9-5-7-11-24(21)28(25)3)16-19(26-17)13-12-18-14-15-27(2)23-10-6-4-8-20(18)23/h4-16H,1-3H3/q+1. The highest BCUT2D eigenvalue weighted by Gasteiger charge is 2.12. The maximum atomic E-state index is 4.86. The molecule has 5 aromatic rings. The van der Waals surface area contributed by atoms with Gasteiger partial charge >= 0.3 is 0 Å². The van der Waals surface area contributed by atoms with Gasteiger partial charge in [-0.3, -0.25) is 4.98 Å². The van der Waals surface area contributed by atoms with Crippen molar-refractivity contribution in [1.82, 2.24) is 9.55 Å². The lowest BCUT2D eigenvalue weighted by Crippen LogP contribution is -2.28. The molecule has 0 aliphatic carbocycles. The normalized spacial score (nSPS) is 12.0. The van der Waals surface area contributed by atoms with Crippen LogP contribution in [-0.2, 0) is 14.1 Å². The van der Waals surface area contributed by atoms with E-state index in [0.717, 1.165) is 11.4 Å². The lowest BCUT2D eigenvalue weighted by atomic mass is 10.1. The third-order valence-corrected chi connectivity index (χ3v) is 5.58. The third kappa shape index (κ3) is 2.51. The van der Waals surface area contributed by atoms with E-state index in [1.54, 1.807) is 0 Å². The Morgan fingerprint density at radius 3 is 2.50 bits per heavy atom. The minimum absolute atomic E-state index is 0.985. The van der Waals surface area contributed by atoms with Crippen LogP contribution in [0.15, 0.2) is 66.9 Å². The maximum absolute atomic E-state index is 4.86. The Bertz CT molecular complexity index is 1390. The number of pyridine rings is 2. The van der Waals surface area contributed by atoms with Crippen LogP contribution in [0.2, 0.25) is 0 Å².